The van der Waals surface area contributed by atoms with Gasteiger partial charge in [0.2, 0.25) is 0 Å². The van der Waals surface area contributed by atoms with Crippen LogP contribution < -0.4 is 10.1 Å². The van der Waals surface area contributed by atoms with E-state index in [0.29, 0.717) is 5.75 Å². The molecule has 0 fully saturated rings. The van der Waals surface area contributed by atoms with Gasteiger partial charge in [-0.15, -0.1) is 0 Å². The van der Waals surface area contributed by atoms with Crippen molar-refractivity contribution < 1.29 is 9.53 Å². The highest BCUT2D eigenvalue weighted by Crippen LogP contribution is 2.25. The molecule has 0 spiro atoms. The lowest BCUT2D eigenvalue weighted by Crippen LogP contribution is -2.31. The minimum Gasteiger partial charge on any atom is -0.484 e. The largest absolute Gasteiger partial charge is 0.484 e. The zero-order valence-electron chi connectivity index (χ0n) is 13.1. The third kappa shape index (κ3) is 4.14. The maximum Gasteiger partial charge on any atom is 0.258 e. The molecule has 3 nitrogen and oxygen atoms in total. The van der Waals surface area contributed by atoms with Gasteiger partial charge in [0.05, 0.1) is 6.04 Å². The van der Waals surface area contributed by atoms with Crippen molar-refractivity contribution >= 4 is 21.8 Å². The van der Waals surface area contributed by atoms with Crippen molar-refractivity contribution in [3.63, 3.8) is 0 Å². The lowest BCUT2D eigenvalue weighted by atomic mass is 10.0. The van der Waals surface area contributed by atoms with E-state index in [1.807, 2.05) is 31.2 Å². The summed E-state index contributed by atoms with van der Waals surface area (Å²) in [6.07, 6.45) is 3.56. The summed E-state index contributed by atoms with van der Waals surface area (Å²) in [7, 11) is 0. The van der Waals surface area contributed by atoms with E-state index in [1.165, 1.54) is 24.0 Å². The summed E-state index contributed by atoms with van der Waals surface area (Å²) in [5, 5.41) is 3.00. The topological polar surface area (TPSA) is 38.3 Å². The van der Waals surface area contributed by atoms with E-state index in [4.69, 9.17) is 4.74 Å². The normalized spacial score (nSPS) is 14.2. The van der Waals surface area contributed by atoms with Gasteiger partial charge in [0.1, 0.15) is 5.75 Å². The Morgan fingerprint density at radius 1 is 1.17 bits per heavy atom. The molecule has 1 atom stereocenters. The number of rotatable bonds is 5. The molecule has 0 heterocycles. The van der Waals surface area contributed by atoms with Crippen molar-refractivity contribution in [3.8, 4) is 5.75 Å². The number of halogens is 1. The van der Waals surface area contributed by atoms with Crippen molar-refractivity contribution in [2.24, 2.45) is 0 Å². The minimum absolute atomic E-state index is 0.0121. The quantitative estimate of drug-likeness (QED) is 0.852. The van der Waals surface area contributed by atoms with Crippen LogP contribution in [0.15, 0.2) is 46.9 Å². The number of ether oxygens (including phenoxy) is 1. The molecule has 1 aliphatic rings. The summed E-state index contributed by atoms with van der Waals surface area (Å²) in [5.74, 6) is 0.578. The average molecular weight is 374 g/mol. The van der Waals surface area contributed by atoms with E-state index in [0.717, 1.165) is 16.5 Å². The van der Waals surface area contributed by atoms with E-state index < -0.39 is 0 Å². The number of hydrogen-bond acceptors (Lipinski definition) is 2. The van der Waals surface area contributed by atoms with Gasteiger partial charge < -0.3 is 10.1 Å². The maximum atomic E-state index is 12.1. The molecule has 1 amide bonds. The number of nitrogens with one attached hydrogen (secondary N) is 1. The number of fused-ring (bicyclic) bond motifs is 1. The summed E-state index contributed by atoms with van der Waals surface area (Å²) in [5.41, 5.74) is 4.03. The Morgan fingerprint density at radius 3 is 2.70 bits per heavy atom. The molecule has 0 aromatic heterocycles. The zero-order chi connectivity index (χ0) is 16.2. The van der Waals surface area contributed by atoms with Gasteiger partial charge in [-0.05, 0) is 67.1 Å². The monoisotopic (exact) mass is 373 g/mol. The van der Waals surface area contributed by atoms with Crippen molar-refractivity contribution in [3.05, 3.63) is 63.6 Å². The van der Waals surface area contributed by atoms with Crippen LogP contribution in [0.4, 0.5) is 0 Å². The fraction of sp³-hybridized carbons (Fsp3) is 0.316. The van der Waals surface area contributed by atoms with Crippen LogP contribution in [-0.2, 0) is 17.6 Å². The molecule has 2 aromatic carbocycles. The molecule has 23 heavy (non-hydrogen) atoms. The first-order chi connectivity index (χ1) is 11.1. The van der Waals surface area contributed by atoms with Crippen LogP contribution >= 0.6 is 15.9 Å². The van der Waals surface area contributed by atoms with E-state index in [1.54, 1.807) is 0 Å². The van der Waals surface area contributed by atoms with Crippen molar-refractivity contribution in [2.45, 2.75) is 32.2 Å². The summed E-state index contributed by atoms with van der Waals surface area (Å²) < 4.78 is 6.49. The van der Waals surface area contributed by atoms with E-state index >= 15 is 0 Å². The van der Waals surface area contributed by atoms with Crippen LogP contribution in [0.1, 0.15) is 36.1 Å². The minimum atomic E-state index is -0.110. The van der Waals surface area contributed by atoms with Crippen molar-refractivity contribution in [1.82, 2.24) is 5.32 Å². The average Bonchev–Trinajstić information content (AvgIpc) is 3.02. The number of carbonyl (C=O) groups is 1. The van der Waals surface area contributed by atoms with E-state index in [-0.39, 0.29) is 18.6 Å². The van der Waals surface area contributed by atoms with Gasteiger partial charge in [-0.25, -0.2) is 0 Å². The summed E-state index contributed by atoms with van der Waals surface area (Å²) >= 11 is 3.37. The van der Waals surface area contributed by atoms with Crippen LogP contribution in [0, 0.1) is 0 Å². The van der Waals surface area contributed by atoms with Gasteiger partial charge in [0.15, 0.2) is 6.61 Å². The van der Waals surface area contributed by atoms with Crippen molar-refractivity contribution in [1.29, 1.82) is 0 Å². The van der Waals surface area contributed by atoms with E-state index in [2.05, 4.69) is 39.4 Å². The summed E-state index contributed by atoms with van der Waals surface area (Å²) in [4.78, 5) is 12.1. The van der Waals surface area contributed by atoms with Gasteiger partial charge >= 0.3 is 0 Å². The van der Waals surface area contributed by atoms with Gasteiger partial charge in [-0.2, -0.15) is 0 Å². The van der Waals surface area contributed by atoms with Gasteiger partial charge in [-0.3, -0.25) is 4.79 Å². The number of hydrogen-bond donors (Lipinski definition) is 1. The van der Waals surface area contributed by atoms with Crippen LogP contribution in [0.3, 0.4) is 0 Å². The molecule has 0 radical (unpaired) electrons. The molecule has 1 aliphatic carbocycles. The van der Waals surface area contributed by atoms with Crippen LogP contribution in [0.2, 0.25) is 0 Å². The maximum absolute atomic E-state index is 12.1. The van der Waals surface area contributed by atoms with Crippen LogP contribution in [0.5, 0.6) is 5.75 Å². The van der Waals surface area contributed by atoms with Gasteiger partial charge in [0.25, 0.3) is 5.91 Å². The predicted molar refractivity (Wildman–Crippen MR) is 94.7 cm³/mol. The molecule has 0 bridgehead atoms. The molecule has 3 rings (SSSR count). The Bertz CT molecular complexity index is 697. The van der Waals surface area contributed by atoms with Gasteiger partial charge in [-0.1, -0.05) is 34.1 Å². The number of amides is 1. The SMILES string of the molecule is C[C@H](NC(=O)COc1ccc(Br)cc1)c1ccc2c(c1)CCC2. The smallest absolute Gasteiger partial charge is 0.258 e. The van der Waals surface area contributed by atoms with Crippen molar-refractivity contribution in [2.75, 3.05) is 6.61 Å². The first kappa shape index (κ1) is 16.1. The Morgan fingerprint density at radius 2 is 1.91 bits per heavy atom. The molecule has 0 saturated carbocycles. The fourth-order valence-electron chi connectivity index (χ4n) is 2.91. The van der Waals surface area contributed by atoms with E-state index in [9.17, 15) is 4.79 Å². The molecule has 2 aromatic rings. The molecule has 0 saturated heterocycles. The highest BCUT2D eigenvalue weighted by Gasteiger charge is 2.15. The van der Waals surface area contributed by atoms with Gasteiger partial charge in [0, 0.05) is 4.47 Å². The number of carbonyl (C=O) groups excluding carboxylic acids is 1. The van der Waals surface area contributed by atoms with Crippen LogP contribution in [0.25, 0.3) is 0 Å². The lowest BCUT2D eigenvalue weighted by Gasteiger charge is -2.16. The predicted octanol–water partition coefficient (Wildman–Crippen LogP) is 4.19. The molecule has 120 valence electrons. The summed E-state index contributed by atoms with van der Waals surface area (Å²) in [6, 6.07) is 14.0. The molecule has 4 heteroatoms. The third-order valence-electron chi connectivity index (χ3n) is 4.18. The number of benzene rings is 2. The molecular formula is C19H20BrNO2. The first-order valence-corrected chi connectivity index (χ1v) is 8.70. The first-order valence-electron chi connectivity index (χ1n) is 7.91. The summed E-state index contributed by atoms with van der Waals surface area (Å²) in [6.45, 7) is 2.03. The highest BCUT2D eigenvalue weighted by atomic mass is 79.9. The third-order valence-corrected chi connectivity index (χ3v) is 4.71. The molecule has 0 aliphatic heterocycles. The second-order valence-electron chi connectivity index (χ2n) is 5.91. The Balaban J connectivity index is 1.54. The molecule has 1 N–H and O–H groups in total. The molecular weight excluding hydrogens is 354 g/mol. The molecule has 0 unspecified atom stereocenters. The standard InChI is InChI=1S/C19H20BrNO2/c1-13(15-6-5-14-3-2-4-16(14)11-15)21-19(22)12-23-18-9-7-17(20)8-10-18/h5-11,13H,2-4,12H2,1H3,(H,21,22)/t13-/m0/s1. The zero-order valence-corrected chi connectivity index (χ0v) is 14.7. The second kappa shape index (κ2) is 7.18. The second-order valence-corrected chi connectivity index (χ2v) is 6.83. The Kier molecular flexibility index (Phi) is 5.01. The highest BCUT2D eigenvalue weighted by molar-refractivity contribution is 9.10. The Labute approximate surface area is 145 Å². The fourth-order valence-corrected chi connectivity index (χ4v) is 3.17. The van der Waals surface area contributed by atoms with Crippen LogP contribution in [-0.4, -0.2) is 12.5 Å². The number of aryl methyl sites for hydroxylation is 2. The lowest BCUT2D eigenvalue weighted by molar-refractivity contribution is -0.123. The Hall–Kier alpha value is -1.81.